The Morgan fingerprint density at radius 2 is 1.89 bits per heavy atom. The van der Waals surface area contributed by atoms with Crippen molar-refractivity contribution in [2.75, 3.05) is 18.0 Å². The number of rotatable bonds is 9. The van der Waals surface area contributed by atoms with Crippen LogP contribution in [0.1, 0.15) is 55.8 Å². The molecule has 5 nitrogen and oxygen atoms in total. The SMILES string of the molecule is CCC(CN=Cc1cc(C(C)=O)c(N(CCC(F)(F)F)C(C)=O)s1)C(C)=O. The fourth-order valence-electron chi connectivity index (χ4n) is 2.37. The number of nitrogens with zero attached hydrogens (tertiary/aromatic N) is 2. The third kappa shape index (κ3) is 7.24. The minimum Gasteiger partial charge on any atom is -0.303 e. The molecule has 0 bridgehead atoms. The number of carbonyl (C=O) groups excluding carboxylic acids is 3. The summed E-state index contributed by atoms with van der Waals surface area (Å²) in [6.45, 7) is 5.55. The fourth-order valence-corrected chi connectivity index (χ4v) is 3.54. The van der Waals surface area contributed by atoms with Crippen molar-refractivity contribution in [3.05, 3.63) is 16.5 Å². The van der Waals surface area contributed by atoms with Crippen LogP contribution in [0.5, 0.6) is 0 Å². The van der Waals surface area contributed by atoms with Crippen molar-refractivity contribution in [1.82, 2.24) is 0 Å². The zero-order valence-electron chi connectivity index (χ0n) is 15.7. The van der Waals surface area contributed by atoms with Crippen molar-refractivity contribution in [3.63, 3.8) is 0 Å². The third-order valence-corrected chi connectivity index (χ3v) is 5.06. The van der Waals surface area contributed by atoms with Crippen LogP contribution in [-0.2, 0) is 9.59 Å². The van der Waals surface area contributed by atoms with Crippen molar-refractivity contribution < 1.29 is 27.6 Å². The molecular weight excluding hydrogens is 381 g/mol. The molecule has 27 heavy (non-hydrogen) atoms. The van der Waals surface area contributed by atoms with E-state index in [1.165, 1.54) is 26.1 Å². The molecule has 0 aliphatic carbocycles. The van der Waals surface area contributed by atoms with Gasteiger partial charge in [0, 0.05) is 37.0 Å². The molecule has 150 valence electrons. The molecule has 0 N–H and O–H groups in total. The van der Waals surface area contributed by atoms with E-state index in [1.54, 1.807) is 0 Å². The molecule has 0 radical (unpaired) electrons. The molecule has 0 saturated heterocycles. The van der Waals surface area contributed by atoms with E-state index in [0.717, 1.165) is 23.2 Å². The average molecular weight is 404 g/mol. The predicted octanol–water partition coefficient (Wildman–Crippen LogP) is 4.29. The van der Waals surface area contributed by atoms with E-state index in [2.05, 4.69) is 4.99 Å². The topological polar surface area (TPSA) is 66.8 Å². The predicted molar refractivity (Wildman–Crippen MR) is 99.9 cm³/mol. The zero-order valence-corrected chi connectivity index (χ0v) is 16.5. The number of amides is 1. The van der Waals surface area contributed by atoms with Crippen LogP contribution in [0.2, 0.25) is 0 Å². The Morgan fingerprint density at radius 3 is 2.33 bits per heavy atom. The maximum absolute atomic E-state index is 12.6. The summed E-state index contributed by atoms with van der Waals surface area (Å²) in [5.41, 5.74) is 0.178. The maximum Gasteiger partial charge on any atom is 0.390 e. The lowest BCUT2D eigenvalue weighted by molar-refractivity contribution is -0.133. The molecule has 0 spiro atoms. The second-order valence-corrected chi connectivity index (χ2v) is 7.23. The Kier molecular flexibility index (Phi) is 8.33. The minimum absolute atomic E-state index is 0.0286. The Bertz CT molecular complexity index is 726. The number of hydrogen-bond acceptors (Lipinski definition) is 5. The van der Waals surface area contributed by atoms with Gasteiger partial charge >= 0.3 is 6.18 Å². The van der Waals surface area contributed by atoms with Gasteiger partial charge in [-0.2, -0.15) is 13.2 Å². The van der Waals surface area contributed by atoms with Crippen molar-refractivity contribution in [2.24, 2.45) is 10.9 Å². The molecule has 0 saturated carbocycles. The fraction of sp³-hybridized carbons (Fsp3) is 0.556. The molecule has 1 unspecified atom stereocenters. The molecule has 0 aliphatic rings. The van der Waals surface area contributed by atoms with Crippen LogP contribution in [0.15, 0.2) is 11.1 Å². The van der Waals surface area contributed by atoms with E-state index in [-0.39, 0.29) is 28.0 Å². The zero-order chi connectivity index (χ0) is 20.8. The van der Waals surface area contributed by atoms with Crippen molar-refractivity contribution in [1.29, 1.82) is 0 Å². The summed E-state index contributed by atoms with van der Waals surface area (Å²) < 4.78 is 37.7. The van der Waals surface area contributed by atoms with Gasteiger partial charge in [0.05, 0.1) is 12.0 Å². The summed E-state index contributed by atoms with van der Waals surface area (Å²) in [7, 11) is 0. The molecule has 9 heteroatoms. The van der Waals surface area contributed by atoms with Gasteiger partial charge in [-0.25, -0.2) is 0 Å². The van der Waals surface area contributed by atoms with Gasteiger partial charge in [0.1, 0.15) is 10.8 Å². The van der Waals surface area contributed by atoms with Crippen molar-refractivity contribution in [2.45, 2.75) is 46.7 Å². The first kappa shape index (κ1) is 23.0. The van der Waals surface area contributed by atoms with Crippen LogP contribution in [0.3, 0.4) is 0 Å². The Morgan fingerprint density at radius 1 is 1.26 bits per heavy atom. The number of Topliss-reactive ketones (excluding diaryl/α,β-unsaturated/α-hetero) is 2. The molecule has 1 aromatic heterocycles. The van der Waals surface area contributed by atoms with Gasteiger partial charge in [0.15, 0.2) is 5.78 Å². The first-order valence-electron chi connectivity index (χ1n) is 8.46. The molecule has 0 fully saturated rings. The molecule has 0 aromatic carbocycles. The van der Waals surface area contributed by atoms with Crippen LogP contribution in [0.25, 0.3) is 0 Å². The Balaban J connectivity index is 3.10. The van der Waals surface area contributed by atoms with Gasteiger partial charge in [0.25, 0.3) is 0 Å². The van der Waals surface area contributed by atoms with Gasteiger partial charge in [-0.15, -0.1) is 11.3 Å². The largest absolute Gasteiger partial charge is 0.390 e. The average Bonchev–Trinajstić information content (AvgIpc) is 2.94. The van der Waals surface area contributed by atoms with Crippen molar-refractivity contribution >= 4 is 40.0 Å². The van der Waals surface area contributed by atoms with Crippen LogP contribution >= 0.6 is 11.3 Å². The quantitative estimate of drug-likeness (QED) is 0.455. The van der Waals surface area contributed by atoms with E-state index in [0.29, 0.717) is 17.8 Å². The lowest BCUT2D eigenvalue weighted by Gasteiger charge is -2.21. The van der Waals surface area contributed by atoms with Crippen LogP contribution < -0.4 is 4.90 Å². The number of aliphatic imine (C=N–C) groups is 1. The van der Waals surface area contributed by atoms with E-state index in [1.807, 2.05) is 6.92 Å². The van der Waals surface area contributed by atoms with Crippen LogP contribution in [-0.4, -0.2) is 43.0 Å². The minimum atomic E-state index is -4.41. The molecule has 1 amide bonds. The van der Waals surface area contributed by atoms with E-state index >= 15 is 0 Å². The molecule has 1 rings (SSSR count). The monoisotopic (exact) mass is 404 g/mol. The first-order chi connectivity index (χ1) is 12.5. The number of alkyl halides is 3. The van der Waals surface area contributed by atoms with Crippen molar-refractivity contribution in [3.8, 4) is 0 Å². The summed E-state index contributed by atoms with van der Waals surface area (Å²) in [6.07, 6.45) is -3.44. The molecule has 1 heterocycles. The van der Waals surface area contributed by atoms with E-state index in [9.17, 15) is 27.6 Å². The lowest BCUT2D eigenvalue weighted by Crippen LogP contribution is -2.32. The van der Waals surface area contributed by atoms with Gasteiger partial charge in [-0.1, -0.05) is 6.92 Å². The second-order valence-electron chi connectivity index (χ2n) is 6.17. The van der Waals surface area contributed by atoms with Gasteiger partial charge in [0.2, 0.25) is 5.91 Å². The second kappa shape index (κ2) is 9.77. The number of ketones is 2. The summed E-state index contributed by atoms with van der Waals surface area (Å²) in [5, 5.41) is 0.180. The Hall–Kier alpha value is -2.03. The summed E-state index contributed by atoms with van der Waals surface area (Å²) >= 11 is 1.03. The number of anilines is 1. The number of thiophene rings is 1. The highest BCUT2D eigenvalue weighted by molar-refractivity contribution is 7.18. The lowest BCUT2D eigenvalue weighted by atomic mass is 10.0. The van der Waals surface area contributed by atoms with Crippen LogP contribution in [0, 0.1) is 5.92 Å². The summed E-state index contributed by atoms with van der Waals surface area (Å²) in [6, 6.07) is 1.50. The summed E-state index contributed by atoms with van der Waals surface area (Å²) in [4.78, 5) is 40.9. The first-order valence-corrected chi connectivity index (χ1v) is 9.27. The highest BCUT2D eigenvalue weighted by Crippen LogP contribution is 2.33. The van der Waals surface area contributed by atoms with Gasteiger partial charge in [-0.05, 0) is 26.3 Å². The Labute approximate surface area is 160 Å². The molecule has 1 atom stereocenters. The van der Waals surface area contributed by atoms with Gasteiger partial charge < -0.3 is 4.90 Å². The normalized spacial score (nSPS) is 13.0. The van der Waals surface area contributed by atoms with Crippen LogP contribution in [0.4, 0.5) is 18.2 Å². The maximum atomic E-state index is 12.6. The van der Waals surface area contributed by atoms with Gasteiger partial charge in [-0.3, -0.25) is 19.4 Å². The standard InChI is InChI=1S/C18H23F3N2O3S/c1-5-14(11(2)24)9-22-10-15-8-16(12(3)25)17(27-15)23(13(4)26)7-6-18(19,20)21/h8,10,14H,5-7,9H2,1-4H3. The number of hydrogen-bond donors (Lipinski definition) is 0. The molecule has 1 aromatic rings. The van der Waals surface area contributed by atoms with E-state index in [4.69, 9.17) is 0 Å². The smallest absolute Gasteiger partial charge is 0.303 e. The molecule has 0 aliphatic heterocycles. The molecular formula is C18H23F3N2O3S. The van der Waals surface area contributed by atoms with E-state index < -0.39 is 25.0 Å². The highest BCUT2D eigenvalue weighted by Gasteiger charge is 2.30. The number of halogens is 3. The third-order valence-electron chi connectivity index (χ3n) is 3.97. The number of carbonyl (C=O) groups is 3. The highest BCUT2D eigenvalue weighted by atomic mass is 32.1. The summed E-state index contributed by atoms with van der Waals surface area (Å²) in [5.74, 6) is -1.10.